The molecule has 1 amide bonds. The van der Waals surface area contributed by atoms with E-state index >= 15 is 0 Å². The fraction of sp³-hybridized carbons (Fsp3) is 0.370. The van der Waals surface area contributed by atoms with E-state index in [9.17, 15) is 19.2 Å². The van der Waals surface area contributed by atoms with Crippen molar-refractivity contribution in [1.82, 2.24) is 24.1 Å². The average Bonchev–Trinajstić information content (AvgIpc) is 3.54. The third kappa shape index (κ3) is 4.54. The highest BCUT2D eigenvalue weighted by atomic mass is 16.5. The van der Waals surface area contributed by atoms with Gasteiger partial charge in [-0.3, -0.25) is 19.0 Å². The van der Waals surface area contributed by atoms with Crippen molar-refractivity contribution in [2.75, 3.05) is 7.11 Å². The molecular weight excluding hydrogens is 474 g/mol. The Morgan fingerprint density at radius 1 is 1.05 bits per heavy atom. The Bertz CT molecular complexity index is 1610. The summed E-state index contributed by atoms with van der Waals surface area (Å²) in [4.78, 5) is 52.7. The van der Waals surface area contributed by atoms with Crippen LogP contribution < -0.4 is 21.3 Å². The molecule has 0 bridgehead atoms. The zero-order valence-corrected chi connectivity index (χ0v) is 20.9. The SMILES string of the molecule is CCCn1c(=O)c2ccc(C(=O)NC3CCCC3)cc2n2c(=O)n(CC(=O)c3ccc(OC)cc3)nc12. The number of ketones is 1. The van der Waals surface area contributed by atoms with E-state index in [1.165, 1.54) is 16.1 Å². The first-order valence-electron chi connectivity index (χ1n) is 12.6. The fourth-order valence-corrected chi connectivity index (χ4v) is 4.93. The lowest BCUT2D eigenvalue weighted by atomic mass is 10.1. The number of fused-ring (bicyclic) bond motifs is 3. The molecule has 0 aliphatic heterocycles. The van der Waals surface area contributed by atoms with Crippen molar-refractivity contribution in [1.29, 1.82) is 0 Å². The lowest BCUT2D eigenvalue weighted by molar-refractivity contribution is 0.0936. The fourth-order valence-electron chi connectivity index (χ4n) is 4.93. The quantitative estimate of drug-likeness (QED) is 0.370. The minimum atomic E-state index is -0.555. The molecule has 1 fully saturated rings. The molecule has 0 spiro atoms. The number of rotatable bonds is 8. The third-order valence-corrected chi connectivity index (χ3v) is 6.88. The largest absolute Gasteiger partial charge is 0.497 e. The molecule has 1 aliphatic carbocycles. The lowest BCUT2D eigenvalue weighted by Crippen LogP contribution is -2.33. The molecule has 5 rings (SSSR count). The summed E-state index contributed by atoms with van der Waals surface area (Å²) in [5.74, 6) is 0.206. The number of amides is 1. The Balaban J connectivity index is 1.60. The summed E-state index contributed by atoms with van der Waals surface area (Å²) in [6.07, 6.45) is 4.71. The number of nitrogens with one attached hydrogen (secondary N) is 1. The summed E-state index contributed by atoms with van der Waals surface area (Å²) in [6, 6.07) is 11.5. The maximum Gasteiger partial charge on any atom is 0.352 e. The van der Waals surface area contributed by atoms with Gasteiger partial charge in [0.25, 0.3) is 11.5 Å². The van der Waals surface area contributed by atoms with Crippen molar-refractivity contribution in [3.05, 3.63) is 74.4 Å². The summed E-state index contributed by atoms with van der Waals surface area (Å²) in [6.45, 7) is 1.98. The highest BCUT2D eigenvalue weighted by Gasteiger charge is 2.22. The van der Waals surface area contributed by atoms with Gasteiger partial charge < -0.3 is 10.1 Å². The highest BCUT2D eigenvalue weighted by molar-refractivity contribution is 5.98. The van der Waals surface area contributed by atoms with E-state index in [-0.39, 0.29) is 35.6 Å². The number of aromatic nitrogens is 4. The summed E-state index contributed by atoms with van der Waals surface area (Å²) >= 11 is 0. The number of nitrogens with zero attached hydrogens (tertiary/aromatic N) is 4. The molecule has 0 radical (unpaired) electrons. The second kappa shape index (κ2) is 10.0. The Kier molecular flexibility index (Phi) is 6.64. The first-order valence-corrected chi connectivity index (χ1v) is 12.6. The average molecular weight is 504 g/mol. The van der Waals surface area contributed by atoms with Gasteiger partial charge in [-0.25, -0.2) is 13.9 Å². The maximum atomic E-state index is 13.5. The predicted octanol–water partition coefficient (Wildman–Crippen LogP) is 2.78. The van der Waals surface area contributed by atoms with Gasteiger partial charge in [-0.15, -0.1) is 5.10 Å². The summed E-state index contributed by atoms with van der Waals surface area (Å²) < 4.78 is 8.96. The maximum absolute atomic E-state index is 13.5. The van der Waals surface area contributed by atoms with Gasteiger partial charge in [-0.1, -0.05) is 19.8 Å². The van der Waals surface area contributed by atoms with Crippen LogP contribution in [0.3, 0.4) is 0 Å². The van der Waals surface area contributed by atoms with Crippen LogP contribution in [-0.2, 0) is 13.1 Å². The number of methoxy groups -OCH3 is 1. The monoisotopic (exact) mass is 503 g/mol. The normalized spacial score (nSPS) is 13.9. The van der Waals surface area contributed by atoms with Gasteiger partial charge in [0.2, 0.25) is 5.78 Å². The highest BCUT2D eigenvalue weighted by Crippen LogP contribution is 2.19. The van der Waals surface area contributed by atoms with E-state index < -0.39 is 5.69 Å². The van der Waals surface area contributed by atoms with Crippen LogP contribution in [0.25, 0.3) is 16.7 Å². The number of hydrogen-bond donors (Lipinski definition) is 1. The topological polar surface area (TPSA) is 117 Å². The Morgan fingerprint density at radius 2 is 1.76 bits per heavy atom. The van der Waals surface area contributed by atoms with E-state index in [2.05, 4.69) is 10.4 Å². The van der Waals surface area contributed by atoms with Gasteiger partial charge in [0, 0.05) is 23.7 Å². The van der Waals surface area contributed by atoms with Crippen molar-refractivity contribution in [2.24, 2.45) is 0 Å². The van der Waals surface area contributed by atoms with E-state index in [4.69, 9.17) is 4.74 Å². The summed E-state index contributed by atoms with van der Waals surface area (Å²) in [7, 11) is 1.54. The van der Waals surface area contributed by atoms with Crippen LogP contribution in [0.1, 0.15) is 59.7 Å². The smallest absolute Gasteiger partial charge is 0.352 e. The molecule has 0 unspecified atom stereocenters. The van der Waals surface area contributed by atoms with Crippen molar-refractivity contribution < 1.29 is 14.3 Å². The summed E-state index contributed by atoms with van der Waals surface area (Å²) in [5, 5.41) is 7.73. The second-order valence-corrected chi connectivity index (χ2v) is 9.37. The molecule has 1 saturated carbocycles. The number of ether oxygens (including phenoxy) is 1. The van der Waals surface area contributed by atoms with Crippen LogP contribution in [0.15, 0.2) is 52.1 Å². The number of aryl methyl sites for hydroxylation is 1. The molecule has 2 aromatic heterocycles. The number of hydrogen-bond acceptors (Lipinski definition) is 6. The van der Waals surface area contributed by atoms with Crippen LogP contribution in [-0.4, -0.2) is 43.6 Å². The van der Waals surface area contributed by atoms with Gasteiger partial charge in [0.1, 0.15) is 12.3 Å². The number of carbonyl (C=O) groups is 2. The zero-order chi connectivity index (χ0) is 26.1. The minimum absolute atomic E-state index is 0.134. The molecule has 4 aromatic rings. The first-order chi connectivity index (χ1) is 17.9. The van der Waals surface area contributed by atoms with Crippen LogP contribution in [0.4, 0.5) is 0 Å². The van der Waals surface area contributed by atoms with E-state index in [0.29, 0.717) is 40.7 Å². The first kappa shape index (κ1) is 24.5. The molecule has 1 aliphatic rings. The molecule has 37 heavy (non-hydrogen) atoms. The molecule has 0 atom stereocenters. The Labute approximate surface area is 212 Å². The molecule has 1 N–H and O–H groups in total. The van der Waals surface area contributed by atoms with Crippen LogP contribution >= 0.6 is 0 Å². The standard InChI is InChI=1S/C27H29N5O5/c1-3-14-30-25(35)21-13-10-18(24(34)28-19-6-4-5-7-19)15-22(21)32-26(30)29-31(27(32)36)16-23(33)17-8-11-20(37-2)12-9-17/h8-13,15,19H,3-7,14,16H2,1-2H3,(H,28,34). The minimum Gasteiger partial charge on any atom is -0.497 e. The van der Waals surface area contributed by atoms with Gasteiger partial charge in [0.15, 0.2) is 5.78 Å². The zero-order valence-electron chi connectivity index (χ0n) is 20.9. The molecule has 10 nitrogen and oxygen atoms in total. The Hall–Kier alpha value is -4.21. The van der Waals surface area contributed by atoms with Gasteiger partial charge in [0.05, 0.1) is 18.0 Å². The number of Topliss-reactive ketones (excluding diaryl/α,β-unsaturated/α-hetero) is 1. The molecule has 2 heterocycles. The predicted molar refractivity (Wildman–Crippen MR) is 139 cm³/mol. The van der Waals surface area contributed by atoms with Crippen LogP contribution in [0.2, 0.25) is 0 Å². The molecule has 0 saturated heterocycles. The molecule has 192 valence electrons. The van der Waals surface area contributed by atoms with Gasteiger partial charge in [-0.05, 0) is 61.7 Å². The lowest BCUT2D eigenvalue weighted by Gasteiger charge is -2.13. The van der Waals surface area contributed by atoms with Crippen molar-refractivity contribution >= 4 is 28.4 Å². The van der Waals surface area contributed by atoms with Gasteiger partial charge in [-0.2, -0.15) is 0 Å². The van der Waals surface area contributed by atoms with E-state index in [1.807, 2.05) is 6.92 Å². The third-order valence-electron chi connectivity index (χ3n) is 6.88. The number of benzene rings is 2. The number of carbonyl (C=O) groups excluding carboxylic acids is 2. The molecule has 2 aromatic carbocycles. The Morgan fingerprint density at radius 3 is 2.43 bits per heavy atom. The van der Waals surface area contributed by atoms with Gasteiger partial charge >= 0.3 is 5.69 Å². The van der Waals surface area contributed by atoms with E-state index in [1.54, 1.807) is 42.5 Å². The van der Waals surface area contributed by atoms with Crippen LogP contribution in [0.5, 0.6) is 5.75 Å². The second-order valence-electron chi connectivity index (χ2n) is 9.37. The van der Waals surface area contributed by atoms with Crippen molar-refractivity contribution in [2.45, 2.75) is 58.2 Å². The van der Waals surface area contributed by atoms with E-state index in [0.717, 1.165) is 30.4 Å². The molecular formula is C27H29N5O5. The summed E-state index contributed by atoms with van der Waals surface area (Å²) in [5.41, 5.74) is 0.208. The van der Waals surface area contributed by atoms with Crippen molar-refractivity contribution in [3.8, 4) is 5.75 Å². The molecule has 10 heteroatoms. The van der Waals surface area contributed by atoms with Crippen LogP contribution in [0, 0.1) is 0 Å². The van der Waals surface area contributed by atoms with Crippen molar-refractivity contribution in [3.63, 3.8) is 0 Å².